The van der Waals surface area contributed by atoms with Gasteiger partial charge in [-0.1, -0.05) is 48.5 Å². The van der Waals surface area contributed by atoms with E-state index in [1.807, 2.05) is 48.5 Å². The van der Waals surface area contributed by atoms with Crippen molar-refractivity contribution in [3.05, 3.63) is 65.7 Å². The Morgan fingerprint density at radius 2 is 1.79 bits per heavy atom. The summed E-state index contributed by atoms with van der Waals surface area (Å²) in [5, 5.41) is 13.9. The molecule has 1 atom stereocenters. The second-order valence-corrected chi connectivity index (χ2v) is 6.86. The second-order valence-electron chi connectivity index (χ2n) is 6.86. The number of rotatable bonds is 3. The van der Waals surface area contributed by atoms with Crippen molar-refractivity contribution in [1.29, 1.82) is 0 Å². The Kier molecular flexibility index (Phi) is 3.77. The third-order valence-electron chi connectivity index (χ3n) is 5.07. The Labute approximate surface area is 142 Å². The van der Waals surface area contributed by atoms with Crippen LogP contribution in [0, 0.1) is 0 Å². The van der Waals surface area contributed by atoms with Crippen LogP contribution in [0.5, 0.6) is 0 Å². The average molecular weight is 322 g/mol. The molecule has 4 nitrogen and oxygen atoms in total. The number of anilines is 1. The zero-order valence-corrected chi connectivity index (χ0v) is 13.6. The molecule has 4 heteroatoms. The van der Waals surface area contributed by atoms with Gasteiger partial charge in [0.2, 0.25) is 0 Å². The highest BCUT2D eigenvalue weighted by Crippen LogP contribution is 2.43. The lowest BCUT2D eigenvalue weighted by atomic mass is 9.93. The molecular formula is C20H22N2O2. The SMILES string of the molecule is O=C(Nc1ccccc1C1CC1)N1CC[C@](O)(c2ccccc2)C1. The van der Waals surface area contributed by atoms with Crippen molar-refractivity contribution in [3.63, 3.8) is 0 Å². The number of amides is 2. The molecule has 0 spiro atoms. The van der Waals surface area contributed by atoms with Crippen LogP contribution >= 0.6 is 0 Å². The molecule has 1 heterocycles. The van der Waals surface area contributed by atoms with Gasteiger partial charge in [-0.2, -0.15) is 0 Å². The summed E-state index contributed by atoms with van der Waals surface area (Å²) >= 11 is 0. The number of hydrogen-bond acceptors (Lipinski definition) is 2. The predicted octanol–water partition coefficient (Wildman–Crippen LogP) is 3.69. The molecule has 24 heavy (non-hydrogen) atoms. The fraction of sp³-hybridized carbons (Fsp3) is 0.350. The maximum Gasteiger partial charge on any atom is 0.321 e. The van der Waals surface area contributed by atoms with Gasteiger partial charge in [0.15, 0.2) is 0 Å². The van der Waals surface area contributed by atoms with E-state index in [1.165, 1.54) is 18.4 Å². The third-order valence-corrected chi connectivity index (χ3v) is 5.07. The number of aliphatic hydroxyl groups is 1. The second kappa shape index (κ2) is 5.95. The van der Waals surface area contributed by atoms with Gasteiger partial charge in [-0.05, 0) is 42.4 Å². The van der Waals surface area contributed by atoms with Crippen LogP contribution in [0.4, 0.5) is 10.5 Å². The number of carbonyl (C=O) groups is 1. The first-order chi connectivity index (χ1) is 11.7. The smallest absolute Gasteiger partial charge is 0.321 e. The van der Waals surface area contributed by atoms with Gasteiger partial charge in [0, 0.05) is 12.2 Å². The van der Waals surface area contributed by atoms with Crippen molar-refractivity contribution in [1.82, 2.24) is 4.90 Å². The molecule has 0 radical (unpaired) electrons. The zero-order chi connectivity index (χ0) is 16.6. The molecular weight excluding hydrogens is 300 g/mol. The van der Waals surface area contributed by atoms with Crippen LogP contribution in [-0.2, 0) is 5.60 Å². The van der Waals surface area contributed by atoms with Gasteiger partial charge in [0.05, 0.1) is 6.54 Å². The Bertz CT molecular complexity index is 742. The molecule has 0 aromatic heterocycles. The lowest BCUT2D eigenvalue weighted by Crippen LogP contribution is -2.37. The molecule has 1 saturated carbocycles. The fourth-order valence-corrected chi connectivity index (χ4v) is 3.51. The van der Waals surface area contributed by atoms with Gasteiger partial charge < -0.3 is 15.3 Å². The minimum absolute atomic E-state index is 0.130. The summed E-state index contributed by atoms with van der Waals surface area (Å²) < 4.78 is 0. The van der Waals surface area contributed by atoms with Gasteiger partial charge in [-0.15, -0.1) is 0 Å². The first kappa shape index (κ1) is 15.2. The monoisotopic (exact) mass is 322 g/mol. The highest BCUT2D eigenvalue weighted by Gasteiger charge is 2.39. The number of likely N-dealkylation sites (tertiary alicyclic amines) is 1. The van der Waals surface area contributed by atoms with Crippen LogP contribution in [-0.4, -0.2) is 29.1 Å². The zero-order valence-electron chi connectivity index (χ0n) is 13.6. The summed E-state index contributed by atoms with van der Waals surface area (Å²) in [6.45, 7) is 0.886. The normalized spacial score (nSPS) is 23.3. The van der Waals surface area contributed by atoms with E-state index in [0.29, 0.717) is 25.4 Å². The highest BCUT2D eigenvalue weighted by molar-refractivity contribution is 5.90. The average Bonchev–Trinajstić information content (AvgIpc) is 3.38. The Hall–Kier alpha value is -2.33. The van der Waals surface area contributed by atoms with Gasteiger partial charge in [0.25, 0.3) is 0 Å². The van der Waals surface area contributed by atoms with E-state index in [-0.39, 0.29) is 6.03 Å². The number of urea groups is 1. The van der Waals surface area contributed by atoms with Crippen LogP contribution < -0.4 is 5.32 Å². The number of para-hydroxylation sites is 1. The number of hydrogen-bond donors (Lipinski definition) is 2. The van der Waals surface area contributed by atoms with Crippen molar-refractivity contribution in [3.8, 4) is 0 Å². The minimum atomic E-state index is -0.950. The summed E-state index contributed by atoms with van der Waals surface area (Å²) in [7, 11) is 0. The molecule has 1 saturated heterocycles. The maximum atomic E-state index is 12.6. The fourth-order valence-electron chi connectivity index (χ4n) is 3.51. The first-order valence-corrected chi connectivity index (χ1v) is 8.58. The highest BCUT2D eigenvalue weighted by atomic mass is 16.3. The third kappa shape index (κ3) is 2.89. The van der Waals surface area contributed by atoms with Crippen LogP contribution in [0.25, 0.3) is 0 Å². The molecule has 2 aromatic carbocycles. The van der Waals surface area contributed by atoms with Gasteiger partial charge in [0.1, 0.15) is 5.60 Å². The van der Waals surface area contributed by atoms with E-state index in [2.05, 4.69) is 11.4 Å². The Morgan fingerprint density at radius 3 is 2.54 bits per heavy atom. The molecule has 1 aliphatic carbocycles. The van der Waals surface area contributed by atoms with Crippen LogP contribution in [0.2, 0.25) is 0 Å². The maximum absolute atomic E-state index is 12.6. The number of β-amino-alcohol motifs (C(OH)–C–C–N with tert-alkyl or cyclic N) is 1. The summed E-state index contributed by atoms with van der Waals surface area (Å²) in [4.78, 5) is 14.3. The summed E-state index contributed by atoms with van der Waals surface area (Å²) in [5.74, 6) is 0.585. The van der Waals surface area contributed by atoms with Gasteiger partial charge in [-0.25, -0.2) is 4.79 Å². The number of nitrogens with zero attached hydrogens (tertiary/aromatic N) is 1. The standard InChI is InChI=1S/C20H22N2O2/c23-19(21-18-9-5-4-8-17(18)15-10-11-15)22-13-12-20(24,14-22)16-6-2-1-3-7-16/h1-9,15,24H,10-14H2,(H,21,23)/t20-/m1/s1. The van der Waals surface area contributed by atoms with E-state index in [1.54, 1.807) is 4.90 Å². The van der Waals surface area contributed by atoms with Crippen molar-refractivity contribution in [2.24, 2.45) is 0 Å². The van der Waals surface area contributed by atoms with Crippen molar-refractivity contribution >= 4 is 11.7 Å². The van der Waals surface area contributed by atoms with E-state index in [4.69, 9.17) is 0 Å². The Morgan fingerprint density at radius 1 is 1.08 bits per heavy atom. The van der Waals surface area contributed by atoms with Crippen LogP contribution in [0.15, 0.2) is 54.6 Å². The number of nitrogens with one attached hydrogen (secondary N) is 1. The summed E-state index contributed by atoms with van der Waals surface area (Å²) in [5.41, 5.74) is 2.05. The van der Waals surface area contributed by atoms with Crippen LogP contribution in [0.3, 0.4) is 0 Å². The van der Waals surface area contributed by atoms with Crippen molar-refractivity contribution < 1.29 is 9.90 Å². The molecule has 1 aliphatic heterocycles. The van der Waals surface area contributed by atoms with E-state index < -0.39 is 5.60 Å². The molecule has 2 amide bonds. The molecule has 124 valence electrons. The van der Waals surface area contributed by atoms with Crippen molar-refractivity contribution in [2.45, 2.75) is 30.8 Å². The quantitative estimate of drug-likeness (QED) is 0.905. The summed E-state index contributed by atoms with van der Waals surface area (Å²) in [6.07, 6.45) is 2.96. The minimum Gasteiger partial charge on any atom is -0.383 e. The first-order valence-electron chi connectivity index (χ1n) is 8.58. The lowest BCUT2D eigenvalue weighted by Gasteiger charge is -2.24. The van der Waals surface area contributed by atoms with E-state index in [9.17, 15) is 9.90 Å². The lowest BCUT2D eigenvalue weighted by molar-refractivity contribution is 0.0501. The molecule has 2 aromatic rings. The number of carbonyl (C=O) groups excluding carboxylic acids is 1. The van der Waals surface area contributed by atoms with Gasteiger partial charge in [-0.3, -0.25) is 0 Å². The summed E-state index contributed by atoms with van der Waals surface area (Å²) in [6, 6.07) is 17.5. The molecule has 2 N–H and O–H groups in total. The van der Waals surface area contributed by atoms with E-state index >= 15 is 0 Å². The van der Waals surface area contributed by atoms with Crippen molar-refractivity contribution in [2.75, 3.05) is 18.4 Å². The number of benzene rings is 2. The topological polar surface area (TPSA) is 52.6 Å². The van der Waals surface area contributed by atoms with Gasteiger partial charge >= 0.3 is 6.03 Å². The van der Waals surface area contributed by atoms with E-state index in [0.717, 1.165) is 11.3 Å². The molecule has 0 unspecified atom stereocenters. The Balaban J connectivity index is 1.47. The van der Waals surface area contributed by atoms with Crippen LogP contribution in [0.1, 0.15) is 36.3 Å². The molecule has 2 aliphatic rings. The molecule has 2 fully saturated rings. The molecule has 0 bridgehead atoms. The largest absolute Gasteiger partial charge is 0.383 e. The predicted molar refractivity (Wildman–Crippen MR) is 94.0 cm³/mol. The molecule has 4 rings (SSSR count).